The molecule has 4 heteroatoms. The predicted molar refractivity (Wildman–Crippen MR) is 89.4 cm³/mol. The molecule has 3 aliphatic rings. The van der Waals surface area contributed by atoms with Crippen molar-refractivity contribution in [3.63, 3.8) is 0 Å². The van der Waals surface area contributed by atoms with Crippen LogP contribution in [0.1, 0.15) is 36.8 Å². The van der Waals surface area contributed by atoms with E-state index >= 15 is 0 Å². The largest absolute Gasteiger partial charge is 0.378 e. The van der Waals surface area contributed by atoms with Crippen molar-refractivity contribution in [3.05, 3.63) is 35.4 Å². The third-order valence-electron chi connectivity index (χ3n) is 5.81. The summed E-state index contributed by atoms with van der Waals surface area (Å²) in [4.78, 5) is 12.1. The van der Waals surface area contributed by atoms with Crippen LogP contribution in [0.25, 0.3) is 0 Å². The molecule has 1 aromatic carbocycles. The van der Waals surface area contributed by atoms with E-state index in [2.05, 4.69) is 34.9 Å². The SMILES string of the molecule is O=C(NC[C@@H]1CCc2ccccc2C1)N[C@@H]1C[C@H]2OCCC[C@@H]12. The van der Waals surface area contributed by atoms with E-state index in [1.165, 1.54) is 24.0 Å². The summed E-state index contributed by atoms with van der Waals surface area (Å²) in [5.74, 6) is 1.10. The number of aryl methyl sites for hydroxylation is 1. The molecule has 4 rings (SSSR count). The summed E-state index contributed by atoms with van der Waals surface area (Å²) in [6, 6.07) is 8.99. The van der Waals surface area contributed by atoms with E-state index in [1.54, 1.807) is 0 Å². The smallest absolute Gasteiger partial charge is 0.315 e. The Bertz CT molecular complexity index is 574. The molecule has 0 bridgehead atoms. The molecular formula is C19H26N2O2. The molecule has 1 heterocycles. The standard InChI is InChI=1S/C19H26N2O2/c22-19(21-17-11-18-16(17)6-3-9-23-18)20-12-13-7-8-14-4-1-2-5-15(14)10-13/h1-2,4-5,13,16-18H,3,6-12H2,(H2,20,21,22)/t13-,16+,17-,18-/m1/s1. The van der Waals surface area contributed by atoms with Gasteiger partial charge in [-0.25, -0.2) is 4.79 Å². The van der Waals surface area contributed by atoms with Gasteiger partial charge in [0.05, 0.1) is 6.10 Å². The lowest BCUT2D eigenvalue weighted by Crippen LogP contribution is -2.59. The first kappa shape index (κ1) is 15.0. The summed E-state index contributed by atoms with van der Waals surface area (Å²) >= 11 is 0. The molecule has 4 atom stereocenters. The van der Waals surface area contributed by atoms with E-state index in [1.807, 2.05) is 0 Å². The third kappa shape index (κ3) is 3.23. The Hall–Kier alpha value is -1.55. The van der Waals surface area contributed by atoms with Crippen molar-refractivity contribution in [2.75, 3.05) is 13.2 Å². The van der Waals surface area contributed by atoms with Crippen LogP contribution in [0.4, 0.5) is 4.79 Å². The summed E-state index contributed by atoms with van der Waals surface area (Å²) < 4.78 is 5.71. The van der Waals surface area contributed by atoms with Crippen molar-refractivity contribution in [2.45, 2.75) is 50.7 Å². The number of benzene rings is 1. The summed E-state index contributed by atoms with van der Waals surface area (Å²) in [5, 5.41) is 6.23. The number of hydrogen-bond acceptors (Lipinski definition) is 2. The van der Waals surface area contributed by atoms with Gasteiger partial charge in [-0.15, -0.1) is 0 Å². The van der Waals surface area contributed by atoms with Gasteiger partial charge in [0.25, 0.3) is 0 Å². The lowest BCUT2D eigenvalue weighted by atomic mass is 9.72. The predicted octanol–water partition coefficient (Wildman–Crippen LogP) is 2.66. The lowest BCUT2D eigenvalue weighted by molar-refractivity contribution is -0.0999. The van der Waals surface area contributed by atoms with E-state index in [4.69, 9.17) is 4.74 Å². The normalized spacial score (nSPS) is 32.2. The molecule has 0 spiro atoms. The van der Waals surface area contributed by atoms with Crippen molar-refractivity contribution >= 4 is 6.03 Å². The van der Waals surface area contributed by atoms with Crippen molar-refractivity contribution in [2.24, 2.45) is 11.8 Å². The molecule has 124 valence electrons. The second-order valence-corrected chi connectivity index (χ2v) is 7.29. The highest BCUT2D eigenvalue weighted by atomic mass is 16.5. The van der Waals surface area contributed by atoms with Gasteiger partial charge in [-0.1, -0.05) is 24.3 Å². The van der Waals surface area contributed by atoms with Crippen molar-refractivity contribution in [3.8, 4) is 0 Å². The van der Waals surface area contributed by atoms with Gasteiger partial charge in [-0.3, -0.25) is 0 Å². The molecule has 0 unspecified atom stereocenters. The maximum atomic E-state index is 12.1. The minimum absolute atomic E-state index is 0.00196. The summed E-state index contributed by atoms with van der Waals surface area (Å²) in [5.41, 5.74) is 2.93. The van der Waals surface area contributed by atoms with Gasteiger partial charge in [-0.05, 0) is 55.6 Å². The fourth-order valence-electron chi connectivity index (χ4n) is 4.37. The minimum Gasteiger partial charge on any atom is -0.378 e. The highest BCUT2D eigenvalue weighted by Gasteiger charge is 2.43. The molecule has 2 N–H and O–H groups in total. The van der Waals surface area contributed by atoms with E-state index in [0.717, 1.165) is 38.8 Å². The van der Waals surface area contributed by atoms with Crippen LogP contribution in [-0.2, 0) is 17.6 Å². The molecule has 0 radical (unpaired) electrons. The average Bonchev–Trinajstić information content (AvgIpc) is 2.58. The number of hydrogen-bond donors (Lipinski definition) is 2. The Balaban J connectivity index is 1.22. The van der Waals surface area contributed by atoms with Crippen molar-refractivity contribution < 1.29 is 9.53 Å². The van der Waals surface area contributed by atoms with Gasteiger partial charge >= 0.3 is 6.03 Å². The Labute approximate surface area is 138 Å². The zero-order chi connectivity index (χ0) is 15.6. The van der Waals surface area contributed by atoms with Crippen LogP contribution in [0, 0.1) is 11.8 Å². The van der Waals surface area contributed by atoms with Crippen LogP contribution in [0.15, 0.2) is 24.3 Å². The Morgan fingerprint density at radius 2 is 2.09 bits per heavy atom. The van der Waals surface area contributed by atoms with E-state index in [0.29, 0.717) is 24.0 Å². The molecule has 1 saturated heterocycles. The monoisotopic (exact) mass is 314 g/mol. The highest BCUT2D eigenvalue weighted by molar-refractivity contribution is 5.74. The molecule has 1 saturated carbocycles. The van der Waals surface area contributed by atoms with Crippen LogP contribution >= 0.6 is 0 Å². The number of rotatable bonds is 3. The molecular weight excluding hydrogens is 288 g/mol. The Morgan fingerprint density at radius 3 is 2.96 bits per heavy atom. The van der Waals surface area contributed by atoms with Crippen molar-refractivity contribution in [1.82, 2.24) is 10.6 Å². The highest BCUT2D eigenvalue weighted by Crippen LogP contribution is 2.37. The molecule has 2 aliphatic carbocycles. The van der Waals surface area contributed by atoms with Crippen LogP contribution in [0.5, 0.6) is 0 Å². The zero-order valence-electron chi connectivity index (χ0n) is 13.6. The number of carbonyl (C=O) groups is 1. The van der Waals surface area contributed by atoms with Crippen molar-refractivity contribution in [1.29, 1.82) is 0 Å². The molecule has 2 amide bonds. The fourth-order valence-corrected chi connectivity index (χ4v) is 4.37. The lowest BCUT2D eigenvalue weighted by Gasteiger charge is -2.47. The fraction of sp³-hybridized carbons (Fsp3) is 0.632. The quantitative estimate of drug-likeness (QED) is 0.901. The number of ether oxygens (including phenoxy) is 1. The average molecular weight is 314 g/mol. The van der Waals surface area contributed by atoms with Crippen LogP contribution in [0.2, 0.25) is 0 Å². The Kier molecular flexibility index (Phi) is 4.25. The molecule has 23 heavy (non-hydrogen) atoms. The van der Waals surface area contributed by atoms with E-state index in [-0.39, 0.29) is 6.03 Å². The van der Waals surface area contributed by atoms with Crippen LogP contribution in [0.3, 0.4) is 0 Å². The number of amides is 2. The van der Waals surface area contributed by atoms with E-state index in [9.17, 15) is 4.79 Å². The maximum absolute atomic E-state index is 12.1. The first-order chi connectivity index (χ1) is 11.3. The van der Waals surface area contributed by atoms with Gasteiger partial charge in [0.15, 0.2) is 0 Å². The molecule has 1 aliphatic heterocycles. The van der Waals surface area contributed by atoms with Crippen LogP contribution < -0.4 is 10.6 Å². The first-order valence-corrected chi connectivity index (χ1v) is 9.02. The van der Waals surface area contributed by atoms with Crippen LogP contribution in [-0.4, -0.2) is 31.3 Å². The van der Waals surface area contributed by atoms with Gasteiger partial charge < -0.3 is 15.4 Å². The second-order valence-electron chi connectivity index (χ2n) is 7.29. The summed E-state index contributed by atoms with van der Waals surface area (Å²) in [6.45, 7) is 1.67. The number of nitrogens with one attached hydrogen (secondary N) is 2. The number of carbonyl (C=O) groups excluding carboxylic acids is 1. The van der Waals surface area contributed by atoms with Gasteiger partial charge in [0.1, 0.15) is 0 Å². The molecule has 1 aromatic rings. The van der Waals surface area contributed by atoms with Gasteiger partial charge in [-0.2, -0.15) is 0 Å². The maximum Gasteiger partial charge on any atom is 0.315 e. The number of urea groups is 1. The summed E-state index contributed by atoms with van der Waals surface area (Å²) in [7, 11) is 0. The molecule has 4 nitrogen and oxygen atoms in total. The number of fused-ring (bicyclic) bond motifs is 2. The first-order valence-electron chi connectivity index (χ1n) is 9.02. The zero-order valence-corrected chi connectivity index (χ0v) is 13.6. The van der Waals surface area contributed by atoms with Gasteiger partial charge in [0, 0.05) is 25.1 Å². The van der Waals surface area contributed by atoms with E-state index < -0.39 is 0 Å². The molecule has 2 fully saturated rings. The topological polar surface area (TPSA) is 50.4 Å². The minimum atomic E-state index is -0.00196. The molecule has 0 aromatic heterocycles. The second kappa shape index (κ2) is 6.52. The third-order valence-corrected chi connectivity index (χ3v) is 5.81. The summed E-state index contributed by atoms with van der Waals surface area (Å²) in [6.07, 6.45) is 7.07. The van der Waals surface area contributed by atoms with Gasteiger partial charge in [0.2, 0.25) is 0 Å². The Morgan fingerprint density at radius 1 is 1.22 bits per heavy atom.